The largest absolute Gasteiger partial charge is 0.368 e. The second-order valence-electron chi connectivity index (χ2n) is 11.2. The number of nitriles is 1. The van der Waals surface area contributed by atoms with Crippen LogP contribution in [0.2, 0.25) is 0 Å². The highest BCUT2D eigenvalue weighted by Gasteiger charge is 2.53. The Kier molecular flexibility index (Phi) is 5.60. The third-order valence-electron chi connectivity index (χ3n) is 8.84. The molecular formula is C25H34N6O3S. The molecule has 3 aliphatic heterocycles. The van der Waals surface area contributed by atoms with Crippen LogP contribution in [0.3, 0.4) is 0 Å². The number of carbonyl (C=O) groups excluding carboxylic acids is 1. The lowest BCUT2D eigenvalue weighted by Crippen LogP contribution is -2.61. The van der Waals surface area contributed by atoms with E-state index in [1.165, 1.54) is 6.42 Å². The normalized spacial score (nSPS) is 31.1. The Morgan fingerprint density at radius 3 is 2.66 bits per heavy atom. The van der Waals surface area contributed by atoms with Gasteiger partial charge in [-0.05, 0) is 74.1 Å². The highest BCUT2D eigenvalue weighted by Crippen LogP contribution is 2.50. The molecule has 6 rings (SSSR count). The maximum atomic E-state index is 13.2. The third-order valence-corrected chi connectivity index (χ3v) is 10.8. The molecule has 2 saturated carbocycles. The number of hydrogen-bond acceptors (Lipinski definition) is 7. The van der Waals surface area contributed by atoms with E-state index in [0.717, 1.165) is 37.8 Å². The van der Waals surface area contributed by atoms with Gasteiger partial charge in [0.1, 0.15) is 6.17 Å². The smallest absolute Gasteiger partial charge is 0.243 e. The van der Waals surface area contributed by atoms with Crippen molar-refractivity contribution in [2.75, 3.05) is 25.0 Å². The van der Waals surface area contributed by atoms with Crippen molar-refractivity contribution in [3.63, 3.8) is 0 Å². The first-order chi connectivity index (χ1) is 16.8. The monoisotopic (exact) mass is 498 g/mol. The Morgan fingerprint density at radius 2 is 2.03 bits per heavy atom. The van der Waals surface area contributed by atoms with Crippen LogP contribution < -0.4 is 16.1 Å². The lowest BCUT2D eigenvalue weighted by atomic mass is 9.65. The van der Waals surface area contributed by atoms with Crippen LogP contribution in [-0.2, 0) is 14.8 Å². The number of amides is 1. The number of carbonyl (C=O) groups is 1. The van der Waals surface area contributed by atoms with E-state index in [0.29, 0.717) is 42.4 Å². The first-order valence-electron chi connectivity index (χ1n) is 12.9. The fourth-order valence-corrected chi connectivity index (χ4v) is 8.45. The first-order valence-corrected chi connectivity index (χ1v) is 14.3. The van der Waals surface area contributed by atoms with Crippen LogP contribution in [0.25, 0.3) is 0 Å². The molecule has 5 aliphatic rings. The van der Waals surface area contributed by atoms with Gasteiger partial charge in [0, 0.05) is 37.4 Å². The van der Waals surface area contributed by atoms with Crippen LogP contribution in [0.15, 0.2) is 23.1 Å². The zero-order chi connectivity index (χ0) is 24.4. The van der Waals surface area contributed by atoms with Crippen LogP contribution >= 0.6 is 0 Å². The summed E-state index contributed by atoms with van der Waals surface area (Å²) in [5.74, 6) is 0.227. The molecule has 4 atom stereocenters. The molecule has 3 unspecified atom stereocenters. The van der Waals surface area contributed by atoms with E-state index in [2.05, 4.69) is 27.1 Å². The third kappa shape index (κ3) is 3.93. The van der Waals surface area contributed by atoms with Gasteiger partial charge in [0.2, 0.25) is 15.9 Å². The number of anilines is 1. The van der Waals surface area contributed by atoms with Gasteiger partial charge in [0.25, 0.3) is 0 Å². The van der Waals surface area contributed by atoms with Crippen LogP contribution in [0.1, 0.15) is 50.5 Å². The highest BCUT2D eigenvalue weighted by atomic mass is 32.2. The van der Waals surface area contributed by atoms with Crippen molar-refractivity contribution in [3.05, 3.63) is 23.8 Å². The number of rotatable bonds is 7. The van der Waals surface area contributed by atoms with Crippen molar-refractivity contribution in [1.29, 1.82) is 5.26 Å². The lowest BCUT2D eigenvalue weighted by molar-refractivity contribution is -0.128. The molecule has 5 fully saturated rings. The molecule has 3 saturated heterocycles. The fourth-order valence-electron chi connectivity index (χ4n) is 6.58. The average Bonchev–Trinajstić information content (AvgIpc) is 3.52. The van der Waals surface area contributed by atoms with Gasteiger partial charge in [0.05, 0.1) is 23.3 Å². The Labute approximate surface area is 207 Å². The van der Waals surface area contributed by atoms with E-state index >= 15 is 0 Å². The number of sulfonamides is 1. The number of aryl methyl sites for hydroxylation is 1. The van der Waals surface area contributed by atoms with Crippen molar-refractivity contribution >= 4 is 21.6 Å². The van der Waals surface area contributed by atoms with Gasteiger partial charge in [0.15, 0.2) is 0 Å². The van der Waals surface area contributed by atoms with Gasteiger partial charge in [-0.2, -0.15) is 9.57 Å². The molecule has 10 heteroatoms. The predicted molar refractivity (Wildman–Crippen MR) is 130 cm³/mol. The first kappa shape index (κ1) is 23.2. The Morgan fingerprint density at radius 1 is 1.26 bits per heavy atom. The molecule has 3 heterocycles. The summed E-state index contributed by atoms with van der Waals surface area (Å²) in [5.41, 5.74) is 5.24. The van der Waals surface area contributed by atoms with E-state index in [1.807, 2.05) is 13.0 Å². The lowest BCUT2D eigenvalue weighted by Gasteiger charge is -2.55. The van der Waals surface area contributed by atoms with Crippen molar-refractivity contribution in [2.45, 2.75) is 75.0 Å². The van der Waals surface area contributed by atoms with Gasteiger partial charge in [-0.15, -0.1) is 0 Å². The second kappa shape index (κ2) is 8.44. The standard InChI is InChI=1S/C25H34N6O3S/c1-16-13-18(5-6-21(16)35(33,34)30-14-25(15-30)9-2-10-25)28-23-22-20(8-12-27-24(22)32)31(29-23)19(7-11-26)17-3-4-17/h5-6,13,17,19-20,22-23,28-29H,2-4,7-10,12,14-15H2,1H3,(H,27,32)/t19-,20?,22?,23?/m0/s1. The molecule has 1 aromatic rings. The number of piperidine rings is 1. The quantitative estimate of drug-likeness (QED) is 0.526. The minimum Gasteiger partial charge on any atom is -0.368 e. The maximum Gasteiger partial charge on any atom is 0.243 e. The number of nitrogens with one attached hydrogen (secondary N) is 3. The molecular weight excluding hydrogens is 464 g/mol. The number of fused-ring (bicyclic) bond motifs is 1. The zero-order valence-corrected chi connectivity index (χ0v) is 21.0. The van der Waals surface area contributed by atoms with E-state index in [1.54, 1.807) is 16.4 Å². The van der Waals surface area contributed by atoms with Crippen LogP contribution in [0.5, 0.6) is 0 Å². The van der Waals surface area contributed by atoms with Gasteiger partial charge in [-0.1, -0.05) is 6.42 Å². The van der Waals surface area contributed by atoms with Crippen molar-refractivity contribution < 1.29 is 13.2 Å². The predicted octanol–water partition coefficient (Wildman–Crippen LogP) is 1.92. The molecule has 2 aliphatic carbocycles. The summed E-state index contributed by atoms with van der Waals surface area (Å²) in [7, 11) is -3.49. The summed E-state index contributed by atoms with van der Waals surface area (Å²) >= 11 is 0. The van der Waals surface area contributed by atoms with Crippen LogP contribution in [0.4, 0.5) is 5.69 Å². The molecule has 9 nitrogen and oxygen atoms in total. The minimum atomic E-state index is -3.49. The average molecular weight is 499 g/mol. The molecule has 0 radical (unpaired) electrons. The van der Waals surface area contributed by atoms with E-state index in [4.69, 9.17) is 0 Å². The van der Waals surface area contributed by atoms with Gasteiger partial charge in [-0.25, -0.2) is 18.9 Å². The van der Waals surface area contributed by atoms with E-state index in [9.17, 15) is 18.5 Å². The molecule has 0 bridgehead atoms. The van der Waals surface area contributed by atoms with Gasteiger partial charge < -0.3 is 10.6 Å². The number of nitrogens with zero attached hydrogens (tertiary/aromatic N) is 3. The Bertz CT molecular complexity index is 1160. The number of hydrazine groups is 1. The zero-order valence-electron chi connectivity index (χ0n) is 20.2. The van der Waals surface area contributed by atoms with Gasteiger partial charge >= 0.3 is 0 Å². The van der Waals surface area contributed by atoms with E-state index in [-0.39, 0.29) is 35.5 Å². The number of benzene rings is 1. The van der Waals surface area contributed by atoms with Crippen LogP contribution in [0, 0.1) is 35.5 Å². The summed E-state index contributed by atoms with van der Waals surface area (Å²) in [4.78, 5) is 13.2. The summed E-state index contributed by atoms with van der Waals surface area (Å²) < 4.78 is 28.0. The summed E-state index contributed by atoms with van der Waals surface area (Å²) in [6.07, 6.45) is 6.69. The fraction of sp³-hybridized carbons (Fsp3) is 0.680. The van der Waals surface area contributed by atoms with Crippen LogP contribution in [-0.4, -0.2) is 61.5 Å². The molecule has 35 heavy (non-hydrogen) atoms. The Hall–Kier alpha value is -2.19. The minimum absolute atomic E-state index is 0.0129. The molecule has 1 amide bonds. The second-order valence-corrected chi connectivity index (χ2v) is 13.1. The highest BCUT2D eigenvalue weighted by molar-refractivity contribution is 7.89. The molecule has 3 N–H and O–H groups in total. The molecule has 0 aromatic heterocycles. The number of hydrogen-bond donors (Lipinski definition) is 3. The van der Waals surface area contributed by atoms with Crippen molar-refractivity contribution in [2.24, 2.45) is 17.3 Å². The topological polar surface area (TPSA) is 118 Å². The SMILES string of the molecule is Cc1cc(NC2NN([C@@H](CC#N)C3CC3)C3CCNC(=O)C23)ccc1S(=O)(=O)N1CC2(CCC2)C1. The van der Waals surface area contributed by atoms with E-state index < -0.39 is 10.0 Å². The summed E-state index contributed by atoms with van der Waals surface area (Å²) in [6, 6.07) is 7.82. The van der Waals surface area contributed by atoms with Crippen molar-refractivity contribution in [1.82, 2.24) is 20.1 Å². The Balaban J connectivity index is 1.20. The molecule has 1 aromatic carbocycles. The maximum absolute atomic E-state index is 13.2. The summed E-state index contributed by atoms with van der Waals surface area (Å²) in [6.45, 7) is 3.75. The van der Waals surface area contributed by atoms with Gasteiger partial charge in [-0.3, -0.25) is 4.79 Å². The molecule has 188 valence electrons. The molecule has 1 spiro atoms. The van der Waals surface area contributed by atoms with Crippen molar-refractivity contribution in [3.8, 4) is 6.07 Å². The summed E-state index contributed by atoms with van der Waals surface area (Å²) in [5, 5.41) is 18.0.